The van der Waals surface area contributed by atoms with Gasteiger partial charge in [0.25, 0.3) is 0 Å². The molecule has 0 aliphatic heterocycles. The van der Waals surface area contributed by atoms with Crippen LogP contribution < -0.4 is 5.32 Å². The number of ether oxygens (including phenoxy) is 2. The number of carbonyl (C=O) groups is 2. The number of carbonyl (C=O) groups excluding carboxylic acids is 2. The summed E-state index contributed by atoms with van der Waals surface area (Å²) in [6.07, 6.45) is -0.244. The lowest BCUT2D eigenvalue weighted by atomic mass is 10.1. The van der Waals surface area contributed by atoms with Gasteiger partial charge in [-0.3, -0.25) is 0 Å². The first-order valence-electron chi connectivity index (χ1n) is 6.52. The average Bonchev–Trinajstić information content (AvgIpc) is 2.77. The van der Waals surface area contributed by atoms with E-state index in [-0.39, 0.29) is 4.11 Å². The molecule has 0 fully saturated rings. The summed E-state index contributed by atoms with van der Waals surface area (Å²) in [5.74, 6) is -0.464. The molecule has 0 spiro atoms. The van der Waals surface area contributed by atoms with Gasteiger partial charge in [-0.2, -0.15) is 11.3 Å². The van der Waals surface area contributed by atoms with E-state index >= 15 is 0 Å². The van der Waals surface area contributed by atoms with Crippen LogP contribution in [0.5, 0.6) is 0 Å². The van der Waals surface area contributed by atoms with E-state index in [0.29, 0.717) is 6.42 Å². The number of alkyl halides is 1. The van der Waals surface area contributed by atoms with Gasteiger partial charge in [0.2, 0.25) is 0 Å². The van der Waals surface area contributed by atoms with Gasteiger partial charge in [0, 0.05) is 6.42 Å². The van der Waals surface area contributed by atoms with Crippen molar-refractivity contribution in [3.63, 3.8) is 0 Å². The molecule has 1 unspecified atom stereocenters. The number of thiophene rings is 1. The Morgan fingerprint density at radius 1 is 1.43 bits per heavy atom. The van der Waals surface area contributed by atoms with Crippen LogP contribution in [0, 0.1) is 0 Å². The van der Waals surface area contributed by atoms with Gasteiger partial charge < -0.3 is 14.8 Å². The molecule has 0 aromatic carbocycles. The SMILES string of the molecule is CC(I)OC(=O)[C@@H](Cc1ccsc1)NC(=O)OC(C)(C)C. The van der Waals surface area contributed by atoms with Crippen molar-refractivity contribution in [2.75, 3.05) is 0 Å². The third-order valence-corrected chi connectivity index (χ3v) is 3.26. The Morgan fingerprint density at radius 3 is 2.57 bits per heavy atom. The second kappa shape index (κ2) is 7.98. The maximum absolute atomic E-state index is 12.1. The molecule has 0 bridgehead atoms. The van der Waals surface area contributed by atoms with Crippen molar-refractivity contribution < 1.29 is 19.1 Å². The summed E-state index contributed by atoms with van der Waals surface area (Å²) in [6.45, 7) is 7.07. The van der Waals surface area contributed by atoms with Gasteiger partial charge in [-0.05, 0) is 72.7 Å². The standard InChI is InChI=1S/C14H20INO4S/c1-9(15)19-12(17)11(7-10-5-6-21-8-10)16-13(18)20-14(2,3)4/h5-6,8-9,11H,7H2,1-4H3,(H,16,18)/t9?,11-/m1/s1. The molecule has 1 aromatic rings. The Balaban J connectivity index is 2.71. The zero-order valence-corrected chi connectivity index (χ0v) is 15.5. The number of amides is 1. The van der Waals surface area contributed by atoms with Crippen LogP contribution in [0.3, 0.4) is 0 Å². The molecule has 0 saturated heterocycles. The predicted octanol–water partition coefficient (Wildman–Crippen LogP) is 3.51. The molecule has 1 aromatic heterocycles. The van der Waals surface area contributed by atoms with Crippen molar-refractivity contribution in [2.45, 2.75) is 49.9 Å². The number of alkyl carbamates (subject to hydrolysis) is 1. The van der Waals surface area contributed by atoms with Gasteiger partial charge >= 0.3 is 12.1 Å². The molecule has 0 radical (unpaired) electrons. The monoisotopic (exact) mass is 425 g/mol. The van der Waals surface area contributed by atoms with E-state index in [1.165, 1.54) is 11.3 Å². The highest BCUT2D eigenvalue weighted by atomic mass is 127. The van der Waals surface area contributed by atoms with Gasteiger partial charge in [-0.25, -0.2) is 9.59 Å². The topological polar surface area (TPSA) is 64.6 Å². The van der Waals surface area contributed by atoms with E-state index in [0.717, 1.165) is 5.56 Å². The van der Waals surface area contributed by atoms with Crippen molar-refractivity contribution in [1.82, 2.24) is 5.32 Å². The van der Waals surface area contributed by atoms with Gasteiger partial charge in [-0.15, -0.1) is 0 Å². The molecule has 1 heterocycles. The minimum absolute atomic E-state index is 0.263. The van der Waals surface area contributed by atoms with E-state index in [1.54, 1.807) is 27.7 Å². The number of hydrogen-bond acceptors (Lipinski definition) is 5. The molecule has 1 amide bonds. The largest absolute Gasteiger partial charge is 0.450 e. The quantitative estimate of drug-likeness (QED) is 0.446. The van der Waals surface area contributed by atoms with Crippen LogP contribution in [-0.4, -0.2) is 27.8 Å². The highest BCUT2D eigenvalue weighted by Gasteiger charge is 2.26. The Morgan fingerprint density at radius 2 is 2.10 bits per heavy atom. The lowest BCUT2D eigenvalue weighted by Gasteiger charge is -2.23. The molecule has 1 N–H and O–H groups in total. The Kier molecular flexibility index (Phi) is 6.92. The van der Waals surface area contributed by atoms with Crippen LogP contribution in [-0.2, 0) is 20.7 Å². The van der Waals surface area contributed by atoms with E-state index < -0.39 is 23.7 Å². The summed E-state index contributed by atoms with van der Waals surface area (Å²) in [5, 5.41) is 6.44. The summed E-state index contributed by atoms with van der Waals surface area (Å²) >= 11 is 3.53. The fourth-order valence-corrected chi connectivity index (χ4v) is 2.46. The Labute approximate surface area is 142 Å². The summed E-state index contributed by atoms with van der Waals surface area (Å²) < 4.78 is 10.1. The smallest absolute Gasteiger partial charge is 0.408 e. The van der Waals surface area contributed by atoms with E-state index in [4.69, 9.17) is 9.47 Å². The maximum atomic E-state index is 12.1. The summed E-state index contributed by atoms with van der Waals surface area (Å²) in [4.78, 5) is 23.9. The minimum atomic E-state index is -0.758. The predicted molar refractivity (Wildman–Crippen MR) is 90.8 cm³/mol. The molecule has 0 saturated carbocycles. The maximum Gasteiger partial charge on any atom is 0.408 e. The molecule has 21 heavy (non-hydrogen) atoms. The first-order valence-corrected chi connectivity index (χ1v) is 8.71. The van der Waals surface area contributed by atoms with Crippen LogP contribution in [0.2, 0.25) is 0 Å². The van der Waals surface area contributed by atoms with Crippen molar-refractivity contribution >= 4 is 46.0 Å². The van der Waals surface area contributed by atoms with Crippen molar-refractivity contribution in [3.8, 4) is 0 Å². The van der Waals surface area contributed by atoms with E-state index in [1.807, 2.05) is 39.4 Å². The number of nitrogens with one attached hydrogen (secondary N) is 1. The third kappa shape index (κ3) is 7.66. The van der Waals surface area contributed by atoms with Gasteiger partial charge in [0.15, 0.2) is 0 Å². The number of halogens is 1. The fraction of sp³-hybridized carbons (Fsp3) is 0.571. The lowest BCUT2D eigenvalue weighted by Crippen LogP contribution is -2.45. The lowest BCUT2D eigenvalue weighted by molar-refractivity contribution is -0.146. The highest BCUT2D eigenvalue weighted by molar-refractivity contribution is 14.1. The van der Waals surface area contributed by atoms with E-state index in [2.05, 4.69) is 5.32 Å². The molecule has 0 aliphatic carbocycles. The first-order chi connectivity index (χ1) is 9.67. The third-order valence-electron chi connectivity index (χ3n) is 2.27. The highest BCUT2D eigenvalue weighted by Crippen LogP contribution is 2.13. The summed E-state index contributed by atoms with van der Waals surface area (Å²) in [6, 6.07) is 1.15. The zero-order valence-electron chi connectivity index (χ0n) is 12.5. The summed E-state index contributed by atoms with van der Waals surface area (Å²) in [7, 11) is 0. The molecule has 5 nitrogen and oxygen atoms in total. The van der Waals surface area contributed by atoms with Crippen molar-refractivity contribution in [1.29, 1.82) is 0 Å². The molecule has 118 valence electrons. The molecule has 0 aliphatic rings. The number of esters is 1. The molecular weight excluding hydrogens is 405 g/mol. The number of hydrogen-bond donors (Lipinski definition) is 1. The number of rotatable bonds is 5. The summed E-state index contributed by atoms with van der Waals surface area (Å²) in [5.41, 5.74) is 0.358. The van der Waals surface area contributed by atoms with Crippen LogP contribution in [0.1, 0.15) is 33.3 Å². The minimum Gasteiger partial charge on any atom is -0.450 e. The first kappa shape index (κ1) is 18.2. The fourth-order valence-electron chi connectivity index (χ4n) is 1.53. The molecule has 7 heteroatoms. The van der Waals surface area contributed by atoms with Crippen LogP contribution >= 0.6 is 33.9 Å². The zero-order chi connectivity index (χ0) is 16.0. The Hall–Kier alpha value is -0.830. The van der Waals surface area contributed by atoms with Gasteiger partial charge in [-0.1, -0.05) is 0 Å². The average molecular weight is 425 g/mol. The Bertz CT molecular complexity index is 468. The van der Waals surface area contributed by atoms with Crippen LogP contribution in [0.15, 0.2) is 16.8 Å². The second-order valence-corrected chi connectivity index (χ2v) is 8.05. The molecule has 1 rings (SSSR count). The van der Waals surface area contributed by atoms with E-state index in [9.17, 15) is 9.59 Å². The second-order valence-electron chi connectivity index (χ2n) is 5.51. The van der Waals surface area contributed by atoms with Crippen LogP contribution in [0.25, 0.3) is 0 Å². The normalized spacial score (nSPS) is 14.1. The van der Waals surface area contributed by atoms with Gasteiger partial charge in [0.1, 0.15) is 15.8 Å². The molecular formula is C14H20INO4S. The van der Waals surface area contributed by atoms with Gasteiger partial charge in [0.05, 0.1) is 0 Å². The molecule has 2 atom stereocenters. The van der Waals surface area contributed by atoms with Crippen molar-refractivity contribution in [3.05, 3.63) is 22.4 Å². The van der Waals surface area contributed by atoms with Crippen LogP contribution in [0.4, 0.5) is 4.79 Å². The van der Waals surface area contributed by atoms with Crippen molar-refractivity contribution in [2.24, 2.45) is 0 Å².